The zero-order valence-corrected chi connectivity index (χ0v) is 19.0. The summed E-state index contributed by atoms with van der Waals surface area (Å²) in [4.78, 5) is 28.5. The number of piperazine rings is 1. The largest absolute Gasteiger partial charge is 0.492 e. The maximum atomic E-state index is 14.7. The molecular formula is C26H23F2N5O2. The van der Waals surface area contributed by atoms with E-state index in [0.717, 1.165) is 12.0 Å². The van der Waals surface area contributed by atoms with E-state index >= 15 is 0 Å². The molecule has 0 saturated carbocycles. The second kappa shape index (κ2) is 9.29. The molecule has 3 heterocycles. The SMILES string of the molecule is [C-]#[N+]C[C@H]1CN(c2ncnc3cc(-c4c(F)cccc4F)c4c(c23)OCCC4)CCN1C(=O)C=C. The molecule has 3 aromatic rings. The Kier molecular flexibility index (Phi) is 6.03. The number of anilines is 1. The van der Waals surface area contributed by atoms with Gasteiger partial charge in [0.2, 0.25) is 12.5 Å². The van der Waals surface area contributed by atoms with E-state index < -0.39 is 11.6 Å². The molecule has 1 amide bonds. The van der Waals surface area contributed by atoms with Gasteiger partial charge in [-0.25, -0.2) is 25.3 Å². The second-order valence-electron chi connectivity index (χ2n) is 8.55. The first kappa shape index (κ1) is 22.7. The van der Waals surface area contributed by atoms with Gasteiger partial charge in [-0.2, -0.15) is 0 Å². The molecule has 2 aliphatic rings. The van der Waals surface area contributed by atoms with Crippen LogP contribution in [0.3, 0.4) is 0 Å². The molecule has 9 heteroatoms. The summed E-state index contributed by atoms with van der Waals surface area (Å²) in [5, 5.41) is 0.674. The van der Waals surface area contributed by atoms with Crippen molar-refractivity contribution in [2.75, 3.05) is 37.7 Å². The summed E-state index contributed by atoms with van der Waals surface area (Å²) in [5.74, 6) is -0.335. The van der Waals surface area contributed by atoms with Crippen molar-refractivity contribution in [1.82, 2.24) is 14.9 Å². The topological polar surface area (TPSA) is 62.9 Å². The molecule has 0 radical (unpaired) electrons. The molecule has 1 saturated heterocycles. The summed E-state index contributed by atoms with van der Waals surface area (Å²) in [6, 6.07) is 5.20. The van der Waals surface area contributed by atoms with Crippen molar-refractivity contribution in [3.63, 3.8) is 0 Å². The highest BCUT2D eigenvalue weighted by molar-refractivity contribution is 6.00. The van der Waals surface area contributed by atoms with Gasteiger partial charge < -0.3 is 19.4 Å². The Morgan fingerprint density at radius 2 is 2.09 bits per heavy atom. The van der Waals surface area contributed by atoms with Gasteiger partial charge in [0, 0.05) is 25.2 Å². The van der Waals surface area contributed by atoms with Crippen LogP contribution in [-0.2, 0) is 11.2 Å². The van der Waals surface area contributed by atoms with Gasteiger partial charge in [-0.15, -0.1) is 0 Å². The van der Waals surface area contributed by atoms with Crippen molar-refractivity contribution in [3.05, 3.63) is 71.9 Å². The highest BCUT2D eigenvalue weighted by Crippen LogP contribution is 2.44. The van der Waals surface area contributed by atoms with Gasteiger partial charge in [-0.05, 0) is 42.7 Å². The predicted octanol–water partition coefficient (Wildman–Crippen LogP) is 4.02. The standard InChI is InChI=1S/C26H23F2N5O2/c1-3-22(34)33-10-9-32(14-16(33)13-29-2)26-24-21(30-15-31-26)12-18(17-6-5-11-35-25(17)24)23-19(27)7-4-8-20(23)28/h3-4,7-8,12,15-16H,1,5-6,9-11,13-14H2/t16-/m0/s1. The molecule has 7 nitrogen and oxygen atoms in total. The lowest BCUT2D eigenvalue weighted by Crippen LogP contribution is -2.56. The van der Waals surface area contributed by atoms with Gasteiger partial charge in [-0.3, -0.25) is 4.79 Å². The molecule has 0 N–H and O–H groups in total. The molecule has 178 valence electrons. The number of ether oxygens (including phenoxy) is 1. The summed E-state index contributed by atoms with van der Waals surface area (Å²) in [6.07, 6.45) is 4.00. The molecule has 1 aromatic heterocycles. The van der Waals surface area contributed by atoms with Crippen LogP contribution in [0.15, 0.2) is 43.2 Å². The Morgan fingerprint density at radius 3 is 2.83 bits per heavy atom. The van der Waals surface area contributed by atoms with Gasteiger partial charge in [0.15, 0.2) is 0 Å². The number of hydrogen-bond acceptors (Lipinski definition) is 5. The van der Waals surface area contributed by atoms with Crippen molar-refractivity contribution in [1.29, 1.82) is 0 Å². The van der Waals surface area contributed by atoms with Crippen LogP contribution >= 0.6 is 0 Å². The van der Waals surface area contributed by atoms with E-state index in [4.69, 9.17) is 11.3 Å². The normalized spacial score (nSPS) is 17.5. The lowest BCUT2D eigenvalue weighted by atomic mass is 9.91. The molecule has 0 spiro atoms. The van der Waals surface area contributed by atoms with Crippen LogP contribution in [0.1, 0.15) is 12.0 Å². The summed E-state index contributed by atoms with van der Waals surface area (Å²) in [5.41, 5.74) is 1.58. The van der Waals surface area contributed by atoms with Gasteiger partial charge in [0.25, 0.3) is 0 Å². The van der Waals surface area contributed by atoms with Crippen LogP contribution < -0.4 is 9.64 Å². The Hall–Kier alpha value is -4.06. The average Bonchev–Trinajstić information content (AvgIpc) is 2.88. The molecule has 2 aliphatic heterocycles. The zero-order valence-electron chi connectivity index (χ0n) is 19.0. The first-order chi connectivity index (χ1) is 17.0. The van der Waals surface area contributed by atoms with Crippen molar-refractivity contribution in [2.24, 2.45) is 0 Å². The number of amides is 1. The summed E-state index contributed by atoms with van der Waals surface area (Å²) in [7, 11) is 0. The number of carbonyl (C=O) groups excluding carboxylic acids is 1. The number of hydrogen-bond donors (Lipinski definition) is 0. The Morgan fingerprint density at radius 1 is 1.29 bits per heavy atom. The number of carbonyl (C=O) groups is 1. The lowest BCUT2D eigenvalue weighted by Gasteiger charge is -2.39. The molecule has 0 unspecified atom stereocenters. The first-order valence-corrected chi connectivity index (χ1v) is 11.4. The van der Waals surface area contributed by atoms with Crippen molar-refractivity contribution in [2.45, 2.75) is 18.9 Å². The maximum absolute atomic E-state index is 14.7. The van der Waals surface area contributed by atoms with E-state index in [1.165, 1.54) is 30.6 Å². The van der Waals surface area contributed by atoms with Crippen molar-refractivity contribution in [3.8, 4) is 16.9 Å². The number of rotatable bonds is 4. The zero-order chi connectivity index (χ0) is 24.5. The third-order valence-corrected chi connectivity index (χ3v) is 6.56. The van der Waals surface area contributed by atoms with Crippen LogP contribution in [0.25, 0.3) is 26.9 Å². The highest BCUT2D eigenvalue weighted by Gasteiger charge is 2.34. The highest BCUT2D eigenvalue weighted by atomic mass is 19.1. The molecule has 0 aliphatic carbocycles. The van der Waals surface area contributed by atoms with Crippen molar-refractivity contribution < 1.29 is 18.3 Å². The molecule has 5 rings (SSSR count). The van der Waals surface area contributed by atoms with Gasteiger partial charge >= 0.3 is 0 Å². The Bertz CT molecular complexity index is 1350. The molecule has 0 bridgehead atoms. The van der Waals surface area contributed by atoms with E-state index in [2.05, 4.69) is 21.4 Å². The molecule has 1 fully saturated rings. The smallest absolute Gasteiger partial charge is 0.246 e. The van der Waals surface area contributed by atoms with Gasteiger partial charge in [0.05, 0.1) is 23.1 Å². The molecule has 1 atom stereocenters. The van der Waals surface area contributed by atoms with Crippen LogP contribution in [0.5, 0.6) is 5.75 Å². The molecular weight excluding hydrogens is 452 g/mol. The minimum atomic E-state index is -0.642. The number of aromatic nitrogens is 2. The molecule has 2 aromatic carbocycles. The second-order valence-corrected chi connectivity index (χ2v) is 8.55. The minimum Gasteiger partial charge on any atom is -0.492 e. The monoisotopic (exact) mass is 475 g/mol. The van der Waals surface area contributed by atoms with Crippen LogP contribution in [0.4, 0.5) is 14.6 Å². The van der Waals surface area contributed by atoms with Gasteiger partial charge in [0.1, 0.15) is 35.6 Å². The van der Waals surface area contributed by atoms with Crippen LogP contribution in [-0.4, -0.2) is 59.6 Å². The average molecular weight is 475 g/mol. The summed E-state index contributed by atoms with van der Waals surface area (Å²) < 4.78 is 35.6. The third-order valence-electron chi connectivity index (χ3n) is 6.56. The molecule has 35 heavy (non-hydrogen) atoms. The van der Waals surface area contributed by atoms with E-state index in [9.17, 15) is 13.6 Å². The van der Waals surface area contributed by atoms with Crippen LogP contribution in [0.2, 0.25) is 0 Å². The number of benzene rings is 2. The summed E-state index contributed by atoms with van der Waals surface area (Å²) in [6.45, 7) is 12.9. The minimum absolute atomic E-state index is 0.0926. The Labute approximate surface area is 201 Å². The lowest BCUT2D eigenvalue weighted by molar-refractivity contribution is -0.128. The number of halogens is 2. The van der Waals surface area contributed by atoms with Crippen molar-refractivity contribution >= 4 is 22.6 Å². The van der Waals surface area contributed by atoms with Gasteiger partial charge in [-0.1, -0.05) is 12.6 Å². The number of nitrogens with zero attached hydrogens (tertiary/aromatic N) is 5. The van der Waals surface area contributed by atoms with E-state index in [1.54, 1.807) is 11.0 Å². The fourth-order valence-electron chi connectivity index (χ4n) is 4.98. The third kappa shape index (κ3) is 3.95. The van der Waals surface area contributed by atoms with E-state index in [-0.39, 0.29) is 24.1 Å². The maximum Gasteiger partial charge on any atom is 0.246 e. The summed E-state index contributed by atoms with van der Waals surface area (Å²) >= 11 is 0. The van der Waals surface area contributed by atoms with E-state index in [1.807, 2.05) is 4.90 Å². The number of fused-ring (bicyclic) bond motifs is 3. The van der Waals surface area contributed by atoms with E-state index in [0.29, 0.717) is 60.7 Å². The predicted molar refractivity (Wildman–Crippen MR) is 128 cm³/mol. The fourth-order valence-corrected chi connectivity index (χ4v) is 4.98. The quantitative estimate of drug-likeness (QED) is 0.421. The fraction of sp³-hybridized carbons (Fsp3) is 0.308. The van der Waals surface area contributed by atoms with Crippen LogP contribution in [0, 0.1) is 18.2 Å². The first-order valence-electron chi connectivity index (χ1n) is 11.4. The Balaban J connectivity index is 1.65.